The summed E-state index contributed by atoms with van der Waals surface area (Å²) in [5, 5.41) is 10.9. The van der Waals surface area contributed by atoms with Crippen LogP contribution in [0.5, 0.6) is 0 Å². The van der Waals surface area contributed by atoms with Gasteiger partial charge in [-0.15, -0.1) is 0 Å². The minimum absolute atomic E-state index is 0.0822. The van der Waals surface area contributed by atoms with E-state index in [0.717, 1.165) is 16.7 Å². The van der Waals surface area contributed by atoms with E-state index >= 15 is 0 Å². The maximum Gasteiger partial charge on any atom is 0.339 e. The van der Waals surface area contributed by atoms with Crippen LogP contribution in [0.2, 0.25) is 0 Å². The van der Waals surface area contributed by atoms with Crippen molar-refractivity contribution in [3.05, 3.63) is 73.8 Å². The van der Waals surface area contributed by atoms with E-state index in [4.69, 9.17) is 4.74 Å². The summed E-state index contributed by atoms with van der Waals surface area (Å²) in [6.07, 6.45) is 0. The Bertz CT molecular complexity index is 870. The number of benzene rings is 2. The van der Waals surface area contributed by atoms with Crippen LogP contribution in [-0.2, 0) is 4.74 Å². The van der Waals surface area contributed by atoms with E-state index in [1.54, 1.807) is 6.07 Å². The monoisotopic (exact) mass is 341 g/mol. The van der Waals surface area contributed by atoms with Crippen molar-refractivity contribution in [2.75, 3.05) is 6.61 Å². The lowest BCUT2D eigenvalue weighted by Gasteiger charge is -2.10. The molecule has 0 unspecified atom stereocenters. The molecule has 6 nitrogen and oxygen atoms in total. The molecule has 0 aromatic heterocycles. The Morgan fingerprint density at radius 2 is 1.64 bits per heavy atom. The number of ether oxygens (including phenoxy) is 1. The standard InChI is InChI=1S/C19H19NO5/c1-11-8-13(3)16(9-12(11)2)18(21)10-25-19(22)15-6-5-7-17(14(15)4)20(23)24/h5-9H,10H2,1-4H3. The van der Waals surface area contributed by atoms with Crippen LogP contribution in [0.25, 0.3) is 0 Å². The molecule has 0 heterocycles. The molecule has 2 rings (SSSR count). The van der Waals surface area contributed by atoms with Crippen molar-refractivity contribution >= 4 is 17.4 Å². The summed E-state index contributed by atoms with van der Waals surface area (Å²) in [6.45, 7) is 6.76. The van der Waals surface area contributed by atoms with Gasteiger partial charge in [-0.2, -0.15) is 0 Å². The third-order valence-corrected chi connectivity index (χ3v) is 4.20. The largest absolute Gasteiger partial charge is 0.454 e. The molecule has 6 heteroatoms. The minimum atomic E-state index is -0.754. The fourth-order valence-electron chi connectivity index (χ4n) is 2.59. The van der Waals surface area contributed by atoms with Crippen LogP contribution < -0.4 is 0 Å². The van der Waals surface area contributed by atoms with Crippen molar-refractivity contribution in [1.82, 2.24) is 0 Å². The van der Waals surface area contributed by atoms with Crippen LogP contribution >= 0.6 is 0 Å². The van der Waals surface area contributed by atoms with Gasteiger partial charge in [0.05, 0.1) is 10.5 Å². The third-order valence-electron chi connectivity index (χ3n) is 4.20. The summed E-state index contributed by atoms with van der Waals surface area (Å²) in [7, 11) is 0. The molecule has 0 aliphatic heterocycles. The molecule has 0 radical (unpaired) electrons. The van der Waals surface area contributed by atoms with Gasteiger partial charge < -0.3 is 4.74 Å². The number of rotatable bonds is 5. The van der Waals surface area contributed by atoms with Crippen molar-refractivity contribution in [2.24, 2.45) is 0 Å². The van der Waals surface area contributed by atoms with E-state index in [-0.39, 0.29) is 22.6 Å². The average molecular weight is 341 g/mol. The van der Waals surface area contributed by atoms with E-state index in [9.17, 15) is 19.7 Å². The Labute approximate surface area is 145 Å². The summed E-state index contributed by atoms with van der Waals surface area (Å²) in [6, 6.07) is 7.86. The molecule has 25 heavy (non-hydrogen) atoms. The van der Waals surface area contributed by atoms with Gasteiger partial charge in [-0.1, -0.05) is 12.1 Å². The van der Waals surface area contributed by atoms with E-state index in [0.29, 0.717) is 5.56 Å². The summed E-state index contributed by atoms with van der Waals surface area (Å²) in [4.78, 5) is 34.9. The second kappa shape index (κ2) is 7.25. The molecule has 0 spiro atoms. The molecule has 0 N–H and O–H groups in total. The van der Waals surface area contributed by atoms with Crippen molar-refractivity contribution in [3.63, 3.8) is 0 Å². The molecule has 0 amide bonds. The number of nitrogens with zero attached hydrogens (tertiary/aromatic N) is 1. The van der Waals surface area contributed by atoms with Crippen molar-refractivity contribution in [1.29, 1.82) is 0 Å². The third kappa shape index (κ3) is 3.91. The lowest BCUT2D eigenvalue weighted by molar-refractivity contribution is -0.385. The average Bonchev–Trinajstić information content (AvgIpc) is 2.55. The highest BCUT2D eigenvalue weighted by Crippen LogP contribution is 2.22. The topological polar surface area (TPSA) is 86.5 Å². The number of ketones is 1. The molecular formula is C19H19NO5. The van der Waals surface area contributed by atoms with Gasteiger partial charge in [0.1, 0.15) is 0 Å². The van der Waals surface area contributed by atoms with Crippen LogP contribution in [0.15, 0.2) is 30.3 Å². The SMILES string of the molecule is Cc1cc(C)c(C(=O)COC(=O)c2cccc([N+](=O)[O-])c2C)cc1C. The van der Waals surface area contributed by atoms with E-state index in [2.05, 4.69) is 0 Å². The first kappa shape index (κ1) is 18.3. The predicted molar refractivity (Wildman–Crippen MR) is 93.1 cm³/mol. The molecule has 2 aromatic carbocycles. The lowest BCUT2D eigenvalue weighted by atomic mass is 9.98. The van der Waals surface area contributed by atoms with Gasteiger partial charge in [0, 0.05) is 17.2 Å². The molecule has 0 saturated carbocycles. The van der Waals surface area contributed by atoms with Crippen molar-refractivity contribution in [2.45, 2.75) is 27.7 Å². The smallest absolute Gasteiger partial charge is 0.339 e. The number of nitro groups is 1. The highest BCUT2D eigenvalue weighted by molar-refractivity contribution is 6.01. The predicted octanol–water partition coefficient (Wildman–Crippen LogP) is 3.87. The van der Waals surface area contributed by atoms with Gasteiger partial charge in [-0.25, -0.2) is 4.79 Å². The number of Topliss-reactive ketones (excluding diaryl/α,β-unsaturated/α-hetero) is 1. The summed E-state index contributed by atoms with van der Waals surface area (Å²) in [5.41, 5.74) is 3.52. The fourth-order valence-corrected chi connectivity index (χ4v) is 2.59. The summed E-state index contributed by atoms with van der Waals surface area (Å²) < 4.78 is 5.07. The zero-order chi connectivity index (χ0) is 18.7. The van der Waals surface area contributed by atoms with Crippen molar-refractivity contribution in [3.8, 4) is 0 Å². The van der Waals surface area contributed by atoms with Crippen LogP contribution in [-0.4, -0.2) is 23.3 Å². The van der Waals surface area contributed by atoms with Gasteiger partial charge >= 0.3 is 5.97 Å². The number of aryl methyl sites for hydroxylation is 3. The minimum Gasteiger partial charge on any atom is -0.454 e. The molecule has 0 aliphatic carbocycles. The maximum atomic E-state index is 12.3. The molecule has 0 atom stereocenters. The number of carbonyl (C=O) groups excluding carboxylic acids is 2. The first-order valence-corrected chi connectivity index (χ1v) is 7.74. The Morgan fingerprint density at radius 3 is 2.28 bits per heavy atom. The number of hydrogen-bond donors (Lipinski definition) is 0. The van der Waals surface area contributed by atoms with Gasteiger partial charge in [-0.3, -0.25) is 14.9 Å². The van der Waals surface area contributed by atoms with Gasteiger partial charge in [-0.05, 0) is 56.5 Å². The van der Waals surface area contributed by atoms with Gasteiger partial charge in [0.2, 0.25) is 5.78 Å². The Kier molecular flexibility index (Phi) is 5.32. The Morgan fingerprint density at radius 1 is 1.00 bits per heavy atom. The number of nitro benzene ring substituents is 1. The second-order valence-electron chi connectivity index (χ2n) is 5.96. The zero-order valence-electron chi connectivity index (χ0n) is 14.6. The Balaban J connectivity index is 2.15. The molecule has 0 fully saturated rings. The summed E-state index contributed by atoms with van der Waals surface area (Å²) in [5.74, 6) is -1.06. The number of hydrogen-bond acceptors (Lipinski definition) is 5. The highest BCUT2D eigenvalue weighted by atomic mass is 16.6. The van der Waals surface area contributed by atoms with Crippen LogP contribution in [0.4, 0.5) is 5.69 Å². The molecule has 0 aliphatic rings. The molecular weight excluding hydrogens is 322 g/mol. The number of carbonyl (C=O) groups is 2. The lowest BCUT2D eigenvalue weighted by Crippen LogP contribution is -2.16. The molecule has 2 aromatic rings. The number of esters is 1. The maximum absolute atomic E-state index is 12.3. The summed E-state index contributed by atoms with van der Waals surface area (Å²) >= 11 is 0. The first-order chi connectivity index (χ1) is 11.7. The molecule has 0 bridgehead atoms. The molecule has 130 valence electrons. The van der Waals surface area contributed by atoms with Crippen LogP contribution in [0, 0.1) is 37.8 Å². The zero-order valence-corrected chi connectivity index (χ0v) is 14.6. The normalized spacial score (nSPS) is 10.4. The van der Waals surface area contributed by atoms with Crippen LogP contribution in [0.3, 0.4) is 0 Å². The van der Waals surface area contributed by atoms with Crippen molar-refractivity contribution < 1.29 is 19.2 Å². The Hall–Kier alpha value is -3.02. The second-order valence-corrected chi connectivity index (χ2v) is 5.96. The van der Waals surface area contributed by atoms with Gasteiger partial charge in [0.15, 0.2) is 6.61 Å². The molecule has 0 saturated heterocycles. The van der Waals surface area contributed by atoms with E-state index in [1.165, 1.54) is 25.1 Å². The van der Waals surface area contributed by atoms with Crippen LogP contribution in [0.1, 0.15) is 43.0 Å². The highest BCUT2D eigenvalue weighted by Gasteiger charge is 2.20. The van der Waals surface area contributed by atoms with Gasteiger partial charge in [0.25, 0.3) is 5.69 Å². The fraction of sp³-hybridized carbons (Fsp3) is 0.263. The van der Waals surface area contributed by atoms with E-state index < -0.39 is 17.5 Å². The van der Waals surface area contributed by atoms with E-state index in [1.807, 2.05) is 26.8 Å². The quantitative estimate of drug-likeness (QED) is 0.357. The first-order valence-electron chi connectivity index (χ1n) is 7.74.